The van der Waals surface area contributed by atoms with Crippen molar-refractivity contribution in [3.05, 3.63) is 24.3 Å². The van der Waals surface area contributed by atoms with Crippen molar-refractivity contribution in [2.24, 2.45) is 0 Å². The first-order valence-corrected chi connectivity index (χ1v) is 5.88. The molecule has 5 heteroatoms. The SMILES string of the molecule is OC1CCC(c2nc(-c3ccco3)no2)CC1. The average Bonchev–Trinajstić information content (AvgIpc) is 3.00. The minimum absolute atomic E-state index is 0.168. The van der Waals surface area contributed by atoms with E-state index in [4.69, 9.17) is 8.94 Å². The highest BCUT2D eigenvalue weighted by molar-refractivity contribution is 5.44. The fraction of sp³-hybridized carbons (Fsp3) is 0.500. The monoisotopic (exact) mass is 234 g/mol. The summed E-state index contributed by atoms with van der Waals surface area (Å²) in [6.45, 7) is 0. The third kappa shape index (κ3) is 2.10. The molecule has 1 aliphatic carbocycles. The predicted octanol–water partition coefficient (Wildman–Crippen LogP) is 2.35. The van der Waals surface area contributed by atoms with Gasteiger partial charge < -0.3 is 14.0 Å². The zero-order valence-corrected chi connectivity index (χ0v) is 9.37. The van der Waals surface area contributed by atoms with Crippen LogP contribution in [0.4, 0.5) is 0 Å². The Bertz CT molecular complexity index is 470. The number of hydrogen-bond donors (Lipinski definition) is 1. The van der Waals surface area contributed by atoms with Crippen LogP contribution in [-0.4, -0.2) is 21.4 Å². The zero-order valence-electron chi connectivity index (χ0n) is 9.37. The van der Waals surface area contributed by atoms with Crippen LogP contribution in [0.25, 0.3) is 11.6 Å². The van der Waals surface area contributed by atoms with Crippen molar-refractivity contribution in [1.29, 1.82) is 0 Å². The van der Waals surface area contributed by atoms with Gasteiger partial charge >= 0.3 is 0 Å². The average molecular weight is 234 g/mol. The Kier molecular flexibility index (Phi) is 2.68. The Labute approximate surface area is 98.4 Å². The van der Waals surface area contributed by atoms with E-state index >= 15 is 0 Å². The van der Waals surface area contributed by atoms with E-state index in [1.54, 1.807) is 18.4 Å². The van der Waals surface area contributed by atoms with Gasteiger partial charge in [-0.1, -0.05) is 5.16 Å². The molecule has 1 N–H and O–H groups in total. The summed E-state index contributed by atoms with van der Waals surface area (Å²) in [7, 11) is 0. The first-order chi connectivity index (χ1) is 8.33. The van der Waals surface area contributed by atoms with Gasteiger partial charge in [0.1, 0.15) is 0 Å². The lowest BCUT2D eigenvalue weighted by Gasteiger charge is -2.22. The zero-order chi connectivity index (χ0) is 11.7. The molecule has 0 unspecified atom stereocenters. The second-order valence-electron chi connectivity index (χ2n) is 4.44. The molecule has 1 fully saturated rings. The van der Waals surface area contributed by atoms with Gasteiger partial charge in [-0.2, -0.15) is 4.98 Å². The molecule has 1 aliphatic rings. The van der Waals surface area contributed by atoms with Crippen LogP contribution in [-0.2, 0) is 0 Å². The van der Waals surface area contributed by atoms with E-state index in [0.717, 1.165) is 25.7 Å². The van der Waals surface area contributed by atoms with Gasteiger partial charge in [0.15, 0.2) is 5.76 Å². The van der Waals surface area contributed by atoms with Crippen molar-refractivity contribution in [3.63, 3.8) is 0 Å². The largest absolute Gasteiger partial charge is 0.461 e. The molecule has 0 bridgehead atoms. The molecule has 1 saturated carbocycles. The summed E-state index contributed by atoms with van der Waals surface area (Å²) >= 11 is 0. The fourth-order valence-corrected chi connectivity index (χ4v) is 2.23. The van der Waals surface area contributed by atoms with E-state index in [1.807, 2.05) is 0 Å². The quantitative estimate of drug-likeness (QED) is 0.863. The molecule has 90 valence electrons. The highest BCUT2D eigenvalue weighted by Crippen LogP contribution is 2.32. The van der Waals surface area contributed by atoms with Crippen LogP contribution in [0.2, 0.25) is 0 Å². The molecule has 2 heterocycles. The normalized spacial score (nSPS) is 25.0. The van der Waals surface area contributed by atoms with Gasteiger partial charge in [0.2, 0.25) is 11.7 Å². The van der Waals surface area contributed by atoms with Crippen molar-refractivity contribution < 1.29 is 14.0 Å². The lowest BCUT2D eigenvalue weighted by Crippen LogP contribution is -2.17. The summed E-state index contributed by atoms with van der Waals surface area (Å²) in [5, 5.41) is 13.4. The molecule has 0 spiro atoms. The first kappa shape index (κ1) is 10.5. The van der Waals surface area contributed by atoms with Gasteiger partial charge in [0.05, 0.1) is 12.4 Å². The van der Waals surface area contributed by atoms with Gasteiger partial charge in [-0.25, -0.2) is 0 Å². The van der Waals surface area contributed by atoms with Crippen molar-refractivity contribution in [2.75, 3.05) is 0 Å². The Balaban J connectivity index is 1.76. The van der Waals surface area contributed by atoms with Crippen LogP contribution in [0.1, 0.15) is 37.5 Å². The first-order valence-electron chi connectivity index (χ1n) is 5.88. The van der Waals surface area contributed by atoms with E-state index in [9.17, 15) is 5.11 Å². The van der Waals surface area contributed by atoms with Crippen LogP contribution >= 0.6 is 0 Å². The Morgan fingerprint density at radius 2 is 2.06 bits per heavy atom. The van der Waals surface area contributed by atoms with E-state index in [-0.39, 0.29) is 12.0 Å². The van der Waals surface area contributed by atoms with Crippen LogP contribution in [0.5, 0.6) is 0 Å². The second-order valence-corrected chi connectivity index (χ2v) is 4.44. The standard InChI is InChI=1S/C12H14N2O3/c15-9-5-3-8(4-6-9)12-13-11(14-17-12)10-2-1-7-16-10/h1-2,7-9,15H,3-6H2. The van der Waals surface area contributed by atoms with Crippen molar-refractivity contribution in [2.45, 2.75) is 37.7 Å². The number of rotatable bonds is 2. The minimum atomic E-state index is -0.168. The molecule has 2 aromatic heterocycles. The molecule has 17 heavy (non-hydrogen) atoms. The van der Waals surface area contributed by atoms with Crippen LogP contribution in [0.3, 0.4) is 0 Å². The number of furan rings is 1. The highest BCUT2D eigenvalue weighted by atomic mass is 16.5. The number of aromatic nitrogens is 2. The van der Waals surface area contributed by atoms with Crippen molar-refractivity contribution in [3.8, 4) is 11.6 Å². The lowest BCUT2D eigenvalue weighted by atomic mass is 9.87. The fourth-order valence-electron chi connectivity index (χ4n) is 2.23. The summed E-state index contributed by atoms with van der Waals surface area (Å²) < 4.78 is 10.5. The maximum absolute atomic E-state index is 9.45. The number of nitrogens with zero attached hydrogens (tertiary/aromatic N) is 2. The van der Waals surface area contributed by atoms with Gasteiger partial charge in [-0.05, 0) is 37.8 Å². The maximum atomic E-state index is 9.45. The van der Waals surface area contributed by atoms with Gasteiger partial charge in [0.25, 0.3) is 0 Å². The molecule has 0 aliphatic heterocycles. The Morgan fingerprint density at radius 3 is 2.76 bits per heavy atom. The molecule has 3 rings (SSSR count). The molecule has 0 atom stereocenters. The molecular formula is C12H14N2O3. The number of hydrogen-bond acceptors (Lipinski definition) is 5. The van der Waals surface area contributed by atoms with Crippen LogP contribution in [0.15, 0.2) is 27.3 Å². The third-order valence-electron chi connectivity index (χ3n) is 3.23. The summed E-state index contributed by atoms with van der Waals surface area (Å²) in [5.41, 5.74) is 0. The number of aliphatic hydroxyl groups is 1. The van der Waals surface area contributed by atoms with E-state index < -0.39 is 0 Å². The van der Waals surface area contributed by atoms with Crippen LogP contribution < -0.4 is 0 Å². The van der Waals surface area contributed by atoms with E-state index in [0.29, 0.717) is 17.5 Å². The van der Waals surface area contributed by atoms with E-state index in [2.05, 4.69) is 10.1 Å². The molecule has 0 radical (unpaired) electrons. The third-order valence-corrected chi connectivity index (χ3v) is 3.23. The summed E-state index contributed by atoms with van der Waals surface area (Å²) in [6, 6.07) is 3.60. The summed E-state index contributed by atoms with van der Waals surface area (Å²) in [6.07, 6.45) is 4.84. The van der Waals surface area contributed by atoms with E-state index in [1.165, 1.54) is 0 Å². The molecule has 2 aromatic rings. The molecule has 0 amide bonds. The summed E-state index contributed by atoms with van der Waals surface area (Å²) in [4.78, 5) is 4.35. The summed E-state index contributed by atoms with van der Waals surface area (Å²) in [5.74, 6) is 2.05. The predicted molar refractivity (Wildman–Crippen MR) is 59.2 cm³/mol. The molecular weight excluding hydrogens is 220 g/mol. The molecule has 0 aromatic carbocycles. The van der Waals surface area contributed by atoms with Gasteiger partial charge in [0, 0.05) is 5.92 Å². The molecule has 0 saturated heterocycles. The smallest absolute Gasteiger partial charge is 0.238 e. The highest BCUT2D eigenvalue weighted by Gasteiger charge is 2.25. The lowest BCUT2D eigenvalue weighted by molar-refractivity contribution is 0.116. The topological polar surface area (TPSA) is 72.3 Å². The molecule has 5 nitrogen and oxygen atoms in total. The van der Waals surface area contributed by atoms with Crippen molar-refractivity contribution >= 4 is 0 Å². The second kappa shape index (κ2) is 4.33. The van der Waals surface area contributed by atoms with Gasteiger partial charge in [-0.15, -0.1) is 0 Å². The maximum Gasteiger partial charge on any atom is 0.238 e. The number of aliphatic hydroxyl groups excluding tert-OH is 1. The minimum Gasteiger partial charge on any atom is -0.461 e. The van der Waals surface area contributed by atoms with Gasteiger partial charge in [-0.3, -0.25) is 0 Å². The Morgan fingerprint density at radius 1 is 1.24 bits per heavy atom. The Hall–Kier alpha value is -1.62. The van der Waals surface area contributed by atoms with Crippen LogP contribution in [0, 0.1) is 0 Å². The van der Waals surface area contributed by atoms with Crippen molar-refractivity contribution in [1.82, 2.24) is 10.1 Å².